The number of nitrogens with zero attached hydrogens (tertiary/aromatic N) is 1. The summed E-state index contributed by atoms with van der Waals surface area (Å²) in [6.45, 7) is 7.94. The number of rotatable bonds is 4. The van der Waals surface area contributed by atoms with Crippen LogP contribution in [-0.4, -0.2) is 21.4 Å². The zero-order valence-electron chi connectivity index (χ0n) is 16.2. The summed E-state index contributed by atoms with van der Waals surface area (Å²) < 4.78 is 34.7. The summed E-state index contributed by atoms with van der Waals surface area (Å²) in [6, 6.07) is 13.3. The van der Waals surface area contributed by atoms with Gasteiger partial charge in [0.2, 0.25) is 0 Å². The van der Waals surface area contributed by atoms with Crippen LogP contribution in [0.15, 0.2) is 52.4 Å². The van der Waals surface area contributed by atoms with E-state index in [0.29, 0.717) is 34.3 Å². The van der Waals surface area contributed by atoms with E-state index in [1.807, 2.05) is 49.4 Å². The van der Waals surface area contributed by atoms with E-state index in [9.17, 15) is 8.42 Å². The minimum Gasteiger partial charge on any atom is -0.495 e. The summed E-state index contributed by atoms with van der Waals surface area (Å²) in [5, 5.41) is 3.12. The number of methoxy groups -OCH3 is 1. The van der Waals surface area contributed by atoms with Gasteiger partial charge in [0.15, 0.2) is 0 Å². The maximum atomic E-state index is 12.7. The van der Waals surface area contributed by atoms with Gasteiger partial charge in [0, 0.05) is 5.57 Å². The molecule has 2 aromatic carbocycles. The quantitative estimate of drug-likeness (QED) is 0.829. The van der Waals surface area contributed by atoms with Gasteiger partial charge < -0.3 is 10.1 Å². The molecule has 1 N–H and O–H groups in total. The number of hydrogen-bond acceptors (Lipinski definition) is 4. The van der Waals surface area contributed by atoms with E-state index in [0.717, 1.165) is 11.1 Å². The number of anilines is 1. The lowest BCUT2D eigenvalue weighted by molar-refractivity contribution is 0.417. The molecule has 5 nitrogen and oxygen atoms in total. The Kier molecular flexibility index (Phi) is 5.11. The van der Waals surface area contributed by atoms with Crippen LogP contribution in [0.4, 0.5) is 5.69 Å². The predicted octanol–water partition coefficient (Wildman–Crippen LogP) is 4.71. The van der Waals surface area contributed by atoms with Crippen LogP contribution in [-0.2, 0) is 10.0 Å². The zero-order chi connectivity index (χ0) is 19.8. The molecule has 0 aliphatic carbocycles. The lowest BCUT2D eigenvalue weighted by atomic mass is 10.0. The summed E-state index contributed by atoms with van der Waals surface area (Å²) in [5.74, 6) is 1.33. The molecule has 0 saturated heterocycles. The second-order valence-electron chi connectivity index (χ2n) is 6.97. The fraction of sp³-hybridized carbons (Fsp3) is 0.286. The topological polar surface area (TPSA) is 67.8 Å². The lowest BCUT2D eigenvalue weighted by Crippen LogP contribution is -2.12. The molecule has 1 aliphatic heterocycles. The third-order valence-corrected chi connectivity index (χ3v) is 6.09. The van der Waals surface area contributed by atoms with Gasteiger partial charge in [-0.1, -0.05) is 44.2 Å². The number of hydrogen-bond donors (Lipinski definition) is 1. The molecule has 1 aliphatic rings. The summed E-state index contributed by atoms with van der Waals surface area (Å²) in [6.07, 6.45) is 0. The van der Waals surface area contributed by atoms with Crippen molar-refractivity contribution in [3.8, 4) is 5.75 Å². The van der Waals surface area contributed by atoms with Crippen molar-refractivity contribution in [2.24, 2.45) is 4.40 Å². The number of sulfonamides is 1. The van der Waals surface area contributed by atoms with Crippen molar-refractivity contribution in [2.75, 3.05) is 12.4 Å². The molecule has 1 heterocycles. The molecular formula is C21H24N2O3S. The maximum absolute atomic E-state index is 12.7. The molecule has 0 fully saturated rings. The fourth-order valence-corrected chi connectivity index (χ4v) is 4.52. The molecule has 0 radical (unpaired) electrons. The van der Waals surface area contributed by atoms with Crippen LogP contribution >= 0.6 is 0 Å². The highest BCUT2D eigenvalue weighted by molar-refractivity contribution is 8.00. The Morgan fingerprint density at radius 3 is 2.30 bits per heavy atom. The number of benzene rings is 2. The second kappa shape index (κ2) is 7.19. The van der Waals surface area contributed by atoms with Crippen LogP contribution in [0, 0.1) is 6.92 Å². The molecule has 6 heteroatoms. The average Bonchev–Trinajstić information content (AvgIpc) is 2.83. The fourth-order valence-electron chi connectivity index (χ4n) is 3.08. The van der Waals surface area contributed by atoms with Crippen LogP contribution in [0.25, 0.3) is 4.91 Å². The van der Waals surface area contributed by atoms with Crippen LogP contribution in [0.1, 0.15) is 43.4 Å². The molecule has 0 atom stereocenters. The van der Waals surface area contributed by atoms with Crippen LogP contribution in [0.5, 0.6) is 5.75 Å². The standard InChI is InChI=1S/C21H24N2O3S/c1-13(2)16-7-9-17(10-8-16)20-15(4)21(23-27(20,24)25)22-18-12-14(3)6-11-19(18)26-5/h6-13H,1-5H3,(H,22,23). The largest absolute Gasteiger partial charge is 0.495 e. The Labute approximate surface area is 160 Å². The normalized spacial score (nSPS) is 15.9. The monoisotopic (exact) mass is 384 g/mol. The molecule has 27 heavy (non-hydrogen) atoms. The van der Waals surface area contributed by atoms with E-state index in [4.69, 9.17) is 4.74 Å². The van der Waals surface area contributed by atoms with Crippen molar-refractivity contribution < 1.29 is 13.2 Å². The molecule has 2 aromatic rings. The van der Waals surface area contributed by atoms with Gasteiger partial charge >= 0.3 is 0 Å². The first-order valence-corrected chi connectivity index (χ1v) is 10.2. The van der Waals surface area contributed by atoms with Crippen LogP contribution in [0.3, 0.4) is 0 Å². The third-order valence-electron chi connectivity index (χ3n) is 4.61. The first-order valence-electron chi connectivity index (χ1n) is 8.81. The van der Waals surface area contributed by atoms with Gasteiger partial charge in [-0.3, -0.25) is 0 Å². The van der Waals surface area contributed by atoms with Gasteiger partial charge in [0.25, 0.3) is 10.0 Å². The summed E-state index contributed by atoms with van der Waals surface area (Å²) in [7, 11) is -2.18. The third kappa shape index (κ3) is 3.76. The van der Waals surface area contributed by atoms with Crippen molar-refractivity contribution in [1.29, 1.82) is 0 Å². The van der Waals surface area contributed by atoms with E-state index >= 15 is 0 Å². The number of nitrogens with one attached hydrogen (secondary N) is 1. The van der Waals surface area contributed by atoms with Gasteiger partial charge in [0.1, 0.15) is 16.5 Å². The Balaban J connectivity index is 2.01. The summed E-state index contributed by atoms with van der Waals surface area (Å²) in [4.78, 5) is 0.243. The van der Waals surface area contributed by atoms with E-state index in [1.165, 1.54) is 0 Å². The van der Waals surface area contributed by atoms with Crippen molar-refractivity contribution in [2.45, 2.75) is 33.6 Å². The highest BCUT2D eigenvalue weighted by Gasteiger charge is 2.31. The van der Waals surface area contributed by atoms with E-state index in [1.54, 1.807) is 14.0 Å². The van der Waals surface area contributed by atoms with Crippen molar-refractivity contribution in [3.05, 3.63) is 64.7 Å². The molecule has 0 amide bonds. The van der Waals surface area contributed by atoms with E-state index in [2.05, 4.69) is 23.6 Å². The Morgan fingerprint density at radius 1 is 1.04 bits per heavy atom. The number of ether oxygens (including phenoxy) is 1. The molecule has 142 valence electrons. The van der Waals surface area contributed by atoms with Gasteiger partial charge in [-0.2, -0.15) is 8.42 Å². The molecule has 0 saturated carbocycles. The van der Waals surface area contributed by atoms with Crippen LogP contribution < -0.4 is 10.1 Å². The van der Waals surface area contributed by atoms with Crippen molar-refractivity contribution in [3.63, 3.8) is 0 Å². The SMILES string of the molecule is COc1ccc(C)cc1NC1=NS(=O)(=O)C(c2ccc(C(C)C)cc2)=C1C. The van der Waals surface area contributed by atoms with Gasteiger partial charge in [-0.25, -0.2) is 0 Å². The zero-order valence-corrected chi connectivity index (χ0v) is 17.0. The molecule has 0 bridgehead atoms. The van der Waals surface area contributed by atoms with Crippen molar-refractivity contribution in [1.82, 2.24) is 0 Å². The molecular weight excluding hydrogens is 360 g/mol. The van der Waals surface area contributed by atoms with Gasteiger partial charge in [0.05, 0.1) is 12.8 Å². The maximum Gasteiger partial charge on any atom is 0.285 e. The minimum absolute atomic E-state index is 0.243. The lowest BCUT2D eigenvalue weighted by Gasteiger charge is -2.12. The molecule has 0 aromatic heterocycles. The smallest absolute Gasteiger partial charge is 0.285 e. The minimum atomic E-state index is -3.76. The number of aryl methyl sites for hydroxylation is 1. The Bertz CT molecular complexity index is 1030. The highest BCUT2D eigenvalue weighted by Crippen LogP contribution is 2.35. The predicted molar refractivity (Wildman–Crippen MR) is 111 cm³/mol. The van der Waals surface area contributed by atoms with Gasteiger partial charge in [-0.15, -0.1) is 4.40 Å². The number of amidine groups is 1. The van der Waals surface area contributed by atoms with E-state index in [-0.39, 0.29) is 4.91 Å². The van der Waals surface area contributed by atoms with Crippen molar-refractivity contribution >= 4 is 26.5 Å². The Morgan fingerprint density at radius 2 is 1.70 bits per heavy atom. The molecule has 0 unspecified atom stereocenters. The van der Waals surface area contributed by atoms with E-state index < -0.39 is 10.0 Å². The highest BCUT2D eigenvalue weighted by atomic mass is 32.2. The molecule has 0 spiro atoms. The average molecular weight is 385 g/mol. The van der Waals surface area contributed by atoms with Gasteiger partial charge in [-0.05, 0) is 48.6 Å². The Hall–Kier alpha value is -2.60. The summed E-state index contributed by atoms with van der Waals surface area (Å²) >= 11 is 0. The second-order valence-corrected chi connectivity index (χ2v) is 8.52. The first kappa shape index (κ1) is 19.2. The first-order chi connectivity index (χ1) is 12.7. The summed E-state index contributed by atoms with van der Waals surface area (Å²) in [5.41, 5.74) is 4.12. The molecule has 3 rings (SSSR count). The van der Waals surface area contributed by atoms with Crippen LogP contribution in [0.2, 0.25) is 0 Å².